The normalized spacial score (nSPS) is 16.6. The van der Waals surface area contributed by atoms with E-state index in [1.807, 2.05) is 19.9 Å². The first-order valence-corrected chi connectivity index (χ1v) is 9.98. The van der Waals surface area contributed by atoms with Crippen molar-refractivity contribution in [3.05, 3.63) is 35.4 Å². The Morgan fingerprint density at radius 1 is 1.04 bits per heavy atom. The highest BCUT2D eigenvalue weighted by Gasteiger charge is 2.35. The molecule has 0 N–H and O–H groups in total. The van der Waals surface area contributed by atoms with Crippen molar-refractivity contribution in [2.75, 3.05) is 32.1 Å². The molecule has 2 aliphatic rings. The molecule has 2 aliphatic heterocycles. The molecule has 0 radical (unpaired) electrons. The number of fused-ring (bicyclic) bond motifs is 3. The van der Waals surface area contributed by atoms with Crippen LogP contribution in [0.15, 0.2) is 40.1 Å². The van der Waals surface area contributed by atoms with Crippen LogP contribution in [0.1, 0.15) is 20.3 Å². The lowest BCUT2D eigenvalue weighted by molar-refractivity contribution is -0.0431. The summed E-state index contributed by atoms with van der Waals surface area (Å²) in [5.74, 6) is 0.993. The third-order valence-corrected chi connectivity index (χ3v) is 5.79. The van der Waals surface area contributed by atoms with E-state index >= 15 is 0 Å². The Bertz CT molecular complexity index is 854. The zero-order valence-corrected chi connectivity index (χ0v) is 17.1. The van der Waals surface area contributed by atoms with Crippen LogP contribution < -0.4 is 14.4 Å². The van der Waals surface area contributed by atoms with Gasteiger partial charge in [0, 0.05) is 47.3 Å². The third kappa shape index (κ3) is 3.36. The lowest BCUT2D eigenvalue weighted by Gasteiger charge is -2.33. The van der Waals surface area contributed by atoms with Crippen molar-refractivity contribution in [3.8, 4) is 11.5 Å². The van der Waals surface area contributed by atoms with Gasteiger partial charge in [0.05, 0.1) is 11.4 Å². The van der Waals surface area contributed by atoms with Crippen LogP contribution in [0.5, 0.6) is 11.5 Å². The summed E-state index contributed by atoms with van der Waals surface area (Å²) in [4.78, 5) is 6.96. The van der Waals surface area contributed by atoms with Crippen molar-refractivity contribution in [3.63, 3.8) is 0 Å². The van der Waals surface area contributed by atoms with Gasteiger partial charge in [-0.05, 0) is 45.3 Å². The van der Waals surface area contributed by atoms with E-state index in [-0.39, 0.29) is 0 Å². The summed E-state index contributed by atoms with van der Waals surface area (Å²) in [6, 6.07) is 10.3. The summed E-state index contributed by atoms with van der Waals surface area (Å²) in [7, 11) is 4.20. The number of halogens is 1. The predicted octanol–water partition coefficient (Wildman–Crippen LogP) is 5.40. The van der Waals surface area contributed by atoms with Crippen LogP contribution in [0.2, 0.25) is 5.02 Å². The van der Waals surface area contributed by atoms with E-state index in [0.717, 1.165) is 47.4 Å². The number of benzene rings is 2. The number of nitrogens with zero attached hydrogens (tertiary/aromatic N) is 2. The predicted molar refractivity (Wildman–Crippen MR) is 108 cm³/mol. The molecule has 0 unspecified atom stereocenters. The number of hydrogen-bond acceptors (Lipinski definition) is 5. The molecular formula is C20H23ClN2O2S. The molecule has 0 saturated carbocycles. The molecule has 2 aromatic carbocycles. The van der Waals surface area contributed by atoms with Gasteiger partial charge in [0.15, 0.2) is 11.5 Å². The Morgan fingerprint density at radius 2 is 1.73 bits per heavy atom. The monoisotopic (exact) mass is 390 g/mol. The Morgan fingerprint density at radius 3 is 2.46 bits per heavy atom. The number of hydrogen-bond donors (Lipinski definition) is 0. The summed E-state index contributed by atoms with van der Waals surface area (Å²) in [5.41, 5.74) is 2.32. The summed E-state index contributed by atoms with van der Waals surface area (Å²) in [6.45, 7) is 5.82. The number of ether oxygens (including phenoxy) is 2. The molecule has 0 bridgehead atoms. The van der Waals surface area contributed by atoms with E-state index in [9.17, 15) is 0 Å². The minimum absolute atomic E-state index is 0.622. The number of anilines is 2. The molecule has 0 amide bonds. The zero-order chi connectivity index (χ0) is 18.5. The van der Waals surface area contributed by atoms with Gasteiger partial charge in [-0.1, -0.05) is 23.4 Å². The standard InChI is InChI=1S/C20H23ClN2O2S/c1-20(2)24-16-11-15-19(12-17(16)25-20)26-18-7-6-13(21)10-14(18)23(15)9-5-8-22(3)4/h6-7,10-12H,5,8-9H2,1-4H3. The van der Waals surface area contributed by atoms with Gasteiger partial charge in [0.2, 0.25) is 5.79 Å². The minimum Gasteiger partial charge on any atom is -0.449 e. The summed E-state index contributed by atoms with van der Waals surface area (Å²) in [6.07, 6.45) is 1.06. The molecule has 0 fully saturated rings. The van der Waals surface area contributed by atoms with Crippen LogP contribution in [0.25, 0.3) is 0 Å². The van der Waals surface area contributed by atoms with Crippen LogP contribution in [0.4, 0.5) is 11.4 Å². The quantitative estimate of drug-likeness (QED) is 0.695. The van der Waals surface area contributed by atoms with Gasteiger partial charge in [-0.2, -0.15) is 0 Å². The van der Waals surface area contributed by atoms with Crippen molar-refractivity contribution in [2.24, 2.45) is 0 Å². The average molecular weight is 391 g/mol. The summed E-state index contributed by atoms with van der Waals surface area (Å²) < 4.78 is 11.9. The van der Waals surface area contributed by atoms with Crippen molar-refractivity contribution in [1.29, 1.82) is 0 Å². The Kier molecular flexibility index (Phi) is 4.49. The molecule has 6 heteroatoms. The highest BCUT2D eigenvalue weighted by molar-refractivity contribution is 7.99. The Labute approximate surface area is 164 Å². The molecule has 0 saturated heterocycles. The largest absolute Gasteiger partial charge is 0.449 e. The molecule has 4 rings (SSSR count). The van der Waals surface area contributed by atoms with Crippen molar-refractivity contribution >= 4 is 34.7 Å². The second kappa shape index (κ2) is 6.55. The van der Waals surface area contributed by atoms with Gasteiger partial charge >= 0.3 is 0 Å². The van der Waals surface area contributed by atoms with Gasteiger partial charge in [-0.3, -0.25) is 0 Å². The van der Waals surface area contributed by atoms with E-state index in [1.165, 1.54) is 9.79 Å². The third-order valence-electron chi connectivity index (χ3n) is 4.45. The van der Waals surface area contributed by atoms with Gasteiger partial charge in [-0.15, -0.1) is 0 Å². The van der Waals surface area contributed by atoms with E-state index in [0.29, 0.717) is 0 Å². The van der Waals surface area contributed by atoms with E-state index < -0.39 is 5.79 Å². The maximum absolute atomic E-state index is 6.30. The molecule has 26 heavy (non-hydrogen) atoms. The first-order chi connectivity index (χ1) is 12.3. The fourth-order valence-electron chi connectivity index (χ4n) is 3.36. The molecule has 138 valence electrons. The highest BCUT2D eigenvalue weighted by atomic mass is 35.5. The molecule has 0 aliphatic carbocycles. The first kappa shape index (κ1) is 17.8. The SMILES string of the molecule is CN(C)CCCN1c2cc(Cl)ccc2Sc2cc3c(cc21)OC(C)(C)O3. The number of rotatable bonds is 4. The topological polar surface area (TPSA) is 24.9 Å². The molecule has 0 atom stereocenters. The first-order valence-electron chi connectivity index (χ1n) is 8.78. The molecule has 2 heterocycles. The second-order valence-corrected chi connectivity index (χ2v) is 8.91. The molecule has 4 nitrogen and oxygen atoms in total. The van der Waals surface area contributed by atoms with Crippen LogP contribution in [-0.2, 0) is 0 Å². The molecule has 0 aromatic heterocycles. The second-order valence-electron chi connectivity index (χ2n) is 7.39. The van der Waals surface area contributed by atoms with Crippen LogP contribution >= 0.6 is 23.4 Å². The van der Waals surface area contributed by atoms with Crippen LogP contribution in [-0.4, -0.2) is 37.9 Å². The summed E-state index contributed by atoms with van der Waals surface area (Å²) in [5, 5.41) is 0.757. The fraction of sp³-hybridized carbons (Fsp3) is 0.400. The Balaban J connectivity index is 1.74. The molecule has 0 spiro atoms. The van der Waals surface area contributed by atoms with E-state index in [2.05, 4.69) is 48.2 Å². The lowest BCUT2D eigenvalue weighted by Crippen LogP contribution is -2.29. The zero-order valence-electron chi connectivity index (χ0n) is 15.5. The van der Waals surface area contributed by atoms with Gasteiger partial charge in [0.1, 0.15) is 0 Å². The minimum atomic E-state index is -0.622. The fourth-order valence-corrected chi connectivity index (χ4v) is 4.61. The van der Waals surface area contributed by atoms with Crippen molar-refractivity contribution in [2.45, 2.75) is 35.8 Å². The summed E-state index contributed by atoms with van der Waals surface area (Å²) >= 11 is 8.05. The molecule has 2 aromatic rings. The van der Waals surface area contributed by atoms with Gasteiger partial charge in [-0.25, -0.2) is 0 Å². The maximum Gasteiger partial charge on any atom is 0.246 e. The van der Waals surface area contributed by atoms with E-state index in [4.69, 9.17) is 21.1 Å². The van der Waals surface area contributed by atoms with Gasteiger partial charge in [0.25, 0.3) is 0 Å². The van der Waals surface area contributed by atoms with E-state index in [1.54, 1.807) is 11.8 Å². The van der Waals surface area contributed by atoms with Crippen LogP contribution in [0.3, 0.4) is 0 Å². The maximum atomic E-state index is 6.30. The van der Waals surface area contributed by atoms with Crippen molar-refractivity contribution < 1.29 is 9.47 Å². The smallest absolute Gasteiger partial charge is 0.246 e. The van der Waals surface area contributed by atoms with Crippen LogP contribution in [0, 0.1) is 0 Å². The Hall–Kier alpha value is -1.56. The van der Waals surface area contributed by atoms with Gasteiger partial charge < -0.3 is 19.3 Å². The average Bonchev–Trinajstić information content (AvgIpc) is 2.85. The van der Waals surface area contributed by atoms with Crippen molar-refractivity contribution in [1.82, 2.24) is 4.90 Å². The molecular weight excluding hydrogens is 368 g/mol. The highest BCUT2D eigenvalue weighted by Crippen LogP contribution is 2.53. The lowest BCUT2D eigenvalue weighted by atomic mass is 10.2.